The number of nitrogens with zero attached hydrogens (tertiary/aromatic N) is 3. The van der Waals surface area contributed by atoms with Gasteiger partial charge in [-0.1, -0.05) is 89.5 Å². The molecule has 9 heteroatoms. The van der Waals surface area contributed by atoms with Gasteiger partial charge in [0.1, 0.15) is 24.4 Å². The lowest BCUT2D eigenvalue weighted by Crippen LogP contribution is -2.37. The van der Waals surface area contributed by atoms with Crippen LogP contribution in [0.5, 0.6) is 0 Å². The maximum absolute atomic E-state index is 11.1. The summed E-state index contributed by atoms with van der Waals surface area (Å²) in [5.41, 5.74) is 3.73. The molecule has 6 nitrogen and oxygen atoms in total. The van der Waals surface area contributed by atoms with Gasteiger partial charge in [-0.05, 0) is 20.8 Å². The minimum absolute atomic E-state index is 0.163. The van der Waals surface area contributed by atoms with Gasteiger partial charge in [0.2, 0.25) is 0 Å². The van der Waals surface area contributed by atoms with E-state index >= 15 is 0 Å². The Morgan fingerprint density at radius 3 is 0.848 bits per heavy atom. The van der Waals surface area contributed by atoms with E-state index in [1.165, 1.54) is 0 Å². The second-order valence-electron chi connectivity index (χ2n) is 7.68. The van der Waals surface area contributed by atoms with Gasteiger partial charge in [-0.15, -0.1) is 0 Å². The zero-order chi connectivity index (χ0) is 23.5. The van der Waals surface area contributed by atoms with Crippen LogP contribution in [0.4, 0.5) is 0 Å². The summed E-state index contributed by atoms with van der Waals surface area (Å²) in [7, 11) is -5.63. The summed E-state index contributed by atoms with van der Waals surface area (Å²) in [6.07, 6.45) is 0. The first-order chi connectivity index (χ1) is 15.8. The van der Waals surface area contributed by atoms with E-state index in [0.29, 0.717) is 15.9 Å². The first-order valence-corrected chi connectivity index (χ1v) is 14.1. The predicted octanol–water partition coefficient (Wildman–Crippen LogP) is 1.82. The fraction of sp³-hybridized carbons (Fsp3) is 0.125. The van der Waals surface area contributed by atoms with Crippen LogP contribution < -0.4 is 32.6 Å². The fourth-order valence-electron chi connectivity index (χ4n) is 3.03. The fourth-order valence-corrected chi connectivity index (χ4v) is 6.39. The largest absolute Gasteiger partial charge is 0.362 e. The Bertz CT molecular complexity index is 1070. The molecule has 3 atom stereocenters. The Morgan fingerprint density at radius 2 is 0.636 bits per heavy atom. The first-order valence-electron chi connectivity index (χ1n) is 10.2. The zero-order valence-corrected chi connectivity index (χ0v) is 21.1. The Hall–Kier alpha value is -2.16. The zero-order valence-electron chi connectivity index (χ0n) is 18.5. The highest BCUT2D eigenvalue weighted by atomic mass is 31.1. The lowest BCUT2D eigenvalue weighted by Gasteiger charge is -2.17. The van der Waals surface area contributed by atoms with Crippen LogP contribution >= 0.6 is 24.4 Å². The van der Waals surface area contributed by atoms with Gasteiger partial charge >= 0.3 is 0 Å². The van der Waals surface area contributed by atoms with Gasteiger partial charge in [-0.2, -0.15) is 0 Å². The van der Waals surface area contributed by atoms with Crippen LogP contribution in [0.3, 0.4) is 0 Å². The molecule has 3 N–H and O–H groups in total. The van der Waals surface area contributed by atoms with E-state index in [2.05, 4.69) is 15.0 Å². The van der Waals surface area contributed by atoms with Crippen molar-refractivity contribution in [3.63, 3.8) is 0 Å². The van der Waals surface area contributed by atoms with Crippen molar-refractivity contribution >= 4 is 57.1 Å². The number of hydrogen-bond donors (Lipinski definition) is 3. The summed E-state index contributed by atoms with van der Waals surface area (Å²) < 4.78 is 0. The van der Waals surface area contributed by atoms with Gasteiger partial charge in [0.05, 0.1) is 0 Å². The Labute approximate surface area is 196 Å². The molecule has 1 aromatic heterocycles. The van der Waals surface area contributed by atoms with Crippen molar-refractivity contribution in [3.05, 3.63) is 89.5 Å². The molecule has 0 bridgehead atoms. The Kier molecular flexibility index (Phi) is 7.56. The molecular weight excluding hydrogens is 471 g/mol. The number of hydrogen-bond acceptors (Lipinski definition) is 6. The van der Waals surface area contributed by atoms with E-state index in [9.17, 15) is 14.7 Å². The topological polar surface area (TPSA) is 99.4 Å². The third-order valence-electron chi connectivity index (χ3n) is 5.00. The van der Waals surface area contributed by atoms with Gasteiger partial charge < -0.3 is 14.7 Å². The summed E-state index contributed by atoms with van der Waals surface area (Å²) in [5, 5.41) is 2.07. The van der Waals surface area contributed by atoms with Gasteiger partial charge in [0.25, 0.3) is 0 Å². The van der Waals surface area contributed by atoms with E-state index in [1.807, 2.05) is 93.6 Å². The third kappa shape index (κ3) is 5.67. The highest BCUT2D eigenvalue weighted by Gasteiger charge is 2.25. The second kappa shape index (κ2) is 10.4. The van der Waals surface area contributed by atoms with Crippen LogP contribution in [0.2, 0.25) is 0 Å². The van der Waals surface area contributed by atoms with Crippen molar-refractivity contribution < 1.29 is 14.7 Å². The molecule has 0 aliphatic carbocycles. The first kappa shape index (κ1) is 24.0. The quantitative estimate of drug-likeness (QED) is 0.353. The van der Waals surface area contributed by atoms with Crippen LogP contribution in [0.15, 0.2) is 72.8 Å². The molecule has 33 heavy (non-hydrogen) atoms. The van der Waals surface area contributed by atoms with Crippen LogP contribution in [0.25, 0.3) is 0 Å². The molecule has 0 saturated heterocycles. The molecule has 4 aromatic rings. The molecule has 0 radical (unpaired) electrons. The molecule has 0 amide bonds. The standard InChI is InChI=1S/C24H24N3O3P3/c1-16-4-10-19(11-5-16)31(28)22-25-23(32(29)20-12-6-17(2)7-13-20)27-24(26-22)33(30)21-14-8-18(3)9-15-21/h4-15,28-30H,1-3H3. The molecule has 0 aliphatic rings. The van der Waals surface area contributed by atoms with Crippen molar-refractivity contribution in [2.75, 3.05) is 0 Å². The summed E-state index contributed by atoms with van der Waals surface area (Å²) in [4.78, 5) is 46.6. The average Bonchev–Trinajstić information content (AvgIpc) is 2.84. The molecule has 0 saturated carbocycles. The molecule has 0 aliphatic heterocycles. The van der Waals surface area contributed by atoms with E-state index in [4.69, 9.17) is 0 Å². The maximum atomic E-state index is 11.1. The lowest BCUT2D eigenvalue weighted by atomic mass is 10.2. The number of aromatic nitrogens is 3. The predicted molar refractivity (Wildman–Crippen MR) is 139 cm³/mol. The SMILES string of the molecule is Cc1ccc(P(O)c2nc(P(O)c3ccc(C)cc3)nc(P(O)c3ccc(C)cc3)n2)cc1. The monoisotopic (exact) mass is 495 g/mol. The van der Waals surface area contributed by atoms with Crippen molar-refractivity contribution in [1.29, 1.82) is 0 Å². The molecule has 0 fully saturated rings. The molecule has 168 valence electrons. The summed E-state index contributed by atoms with van der Waals surface area (Å²) in [6.45, 7) is 5.93. The Morgan fingerprint density at radius 1 is 0.424 bits per heavy atom. The van der Waals surface area contributed by atoms with Crippen molar-refractivity contribution in [2.24, 2.45) is 0 Å². The van der Waals surface area contributed by atoms with E-state index < -0.39 is 24.4 Å². The second-order valence-corrected chi connectivity index (χ2v) is 12.3. The van der Waals surface area contributed by atoms with Gasteiger partial charge in [0.15, 0.2) is 16.7 Å². The smallest absolute Gasteiger partial charge is 0.187 e. The number of rotatable bonds is 6. The molecular formula is C24H24N3O3P3. The highest BCUT2D eigenvalue weighted by Crippen LogP contribution is 2.31. The van der Waals surface area contributed by atoms with E-state index in [0.717, 1.165) is 16.7 Å². The third-order valence-corrected chi connectivity index (χ3v) is 9.10. The van der Waals surface area contributed by atoms with Crippen LogP contribution in [-0.4, -0.2) is 29.6 Å². The van der Waals surface area contributed by atoms with Gasteiger partial charge in [-0.25, -0.2) is 15.0 Å². The van der Waals surface area contributed by atoms with Crippen LogP contribution in [0, 0.1) is 20.8 Å². The van der Waals surface area contributed by atoms with E-state index in [-0.39, 0.29) is 16.7 Å². The summed E-state index contributed by atoms with van der Waals surface area (Å²) in [5.74, 6) is 0. The number of aryl methyl sites for hydroxylation is 3. The lowest BCUT2D eigenvalue weighted by molar-refractivity contribution is 0.638. The highest BCUT2D eigenvalue weighted by molar-refractivity contribution is 7.69. The van der Waals surface area contributed by atoms with Gasteiger partial charge in [-0.3, -0.25) is 0 Å². The molecule has 3 unspecified atom stereocenters. The van der Waals surface area contributed by atoms with Crippen molar-refractivity contribution in [2.45, 2.75) is 20.8 Å². The van der Waals surface area contributed by atoms with Crippen molar-refractivity contribution in [3.8, 4) is 0 Å². The van der Waals surface area contributed by atoms with Crippen LogP contribution in [-0.2, 0) is 0 Å². The molecule has 1 heterocycles. The summed E-state index contributed by atoms with van der Waals surface area (Å²) >= 11 is 0. The number of benzene rings is 3. The van der Waals surface area contributed by atoms with Gasteiger partial charge in [0, 0.05) is 15.9 Å². The molecule has 0 spiro atoms. The summed E-state index contributed by atoms with van der Waals surface area (Å²) in [6, 6.07) is 22.5. The van der Waals surface area contributed by atoms with Crippen molar-refractivity contribution in [1.82, 2.24) is 15.0 Å². The van der Waals surface area contributed by atoms with E-state index in [1.54, 1.807) is 0 Å². The minimum atomic E-state index is -1.88. The normalized spacial score (nSPS) is 14.0. The average molecular weight is 495 g/mol. The maximum Gasteiger partial charge on any atom is 0.187 e. The van der Waals surface area contributed by atoms with Crippen LogP contribution in [0.1, 0.15) is 16.7 Å². The molecule has 3 aromatic carbocycles. The minimum Gasteiger partial charge on any atom is -0.362 e. The molecule has 4 rings (SSSR count). The Balaban J connectivity index is 1.78.